The van der Waals surface area contributed by atoms with Crippen molar-refractivity contribution in [2.75, 3.05) is 7.11 Å². The van der Waals surface area contributed by atoms with Gasteiger partial charge in [-0.3, -0.25) is 0 Å². The molecular formula is C13H10ClN3O. The third-order valence-corrected chi connectivity index (χ3v) is 2.97. The zero-order valence-corrected chi connectivity index (χ0v) is 10.4. The van der Waals surface area contributed by atoms with Crippen LogP contribution in [0.1, 0.15) is 0 Å². The highest BCUT2D eigenvalue weighted by Crippen LogP contribution is 2.29. The first-order chi connectivity index (χ1) is 8.79. The topological polar surface area (TPSA) is 39.4 Å². The minimum atomic E-state index is 0.519. The van der Waals surface area contributed by atoms with Crippen LogP contribution in [0.4, 0.5) is 0 Å². The summed E-state index contributed by atoms with van der Waals surface area (Å²) in [7, 11) is 1.64. The Kier molecular flexibility index (Phi) is 2.64. The second kappa shape index (κ2) is 4.31. The Labute approximate surface area is 109 Å². The molecule has 3 aromatic rings. The van der Waals surface area contributed by atoms with Crippen LogP contribution < -0.4 is 4.74 Å². The van der Waals surface area contributed by atoms with Gasteiger partial charge in [0.25, 0.3) is 0 Å². The number of nitrogens with zero attached hydrogens (tertiary/aromatic N) is 3. The van der Waals surface area contributed by atoms with Gasteiger partial charge in [-0.2, -0.15) is 5.10 Å². The van der Waals surface area contributed by atoms with E-state index in [1.54, 1.807) is 23.9 Å². The van der Waals surface area contributed by atoms with Gasteiger partial charge in [-0.05, 0) is 12.1 Å². The molecule has 0 bridgehead atoms. The number of rotatable bonds is 2. The largest absolute Gasteiger partial charge is 0.496 e. The molecule has 0 atom stereocenters. The smallest absolute Gasteiger partial charge is 0.157 e. The molecule has 2 aromatic heterocycles. The van der Waals surface area contributed by atoms with E-state index in [1.165, 1.54) is 0 Å². The van der Waals surface area contributed by atoms with Gasteiger partial charge < -0.3 is 4.74 Å². The van der Waals surface area contributed by atoms with E-state index >= 15 is 0 Å². The summed E-state index contributed by atoms with van der Waals surface area (Å²) < 4.78 is 6.91. The highest BCUT2D eigenvalue weighted by Gasteiger charge is 2.10. The van der Waals surface area contributed by atoms with E-state index in [1.807, 2.05) is 30.3 Å². The molecule has 90 valence electrons. The molecule has 5 heteroatoms. The molecule has 0 unspecified atom stereocenters. The summed E-state index contributed by atoms with van der Waals surface area (Å²) in [5.74, 6) is 0.768. The molecule has 0 aliphatic heterocycles. The molecule has 0 fully saturated rings. The quantitative estimate of drug-likeness (QED) is 0.664. The lowest BCUT2D eigenvalue weighted by molar-refractivity contribution is 0.416. The Morgan fingerprint density at radius 3 is 2.89 bits per heavy atom. The fraction of sp³-hybridized carbons (Fsp3) is 0.0769. The van der Waals surface area contributed by atoms with Crippen LogP contribution in [0.5, 0.6) is 5.75 Å². The van der Waals surface area contributed by atoms with E-state index in [-0.39, 0.29) is 0 Å². The van der Waals surface area contributed by atoms with Crippen LogP contribution in [0, 0.1) is 0 Å². The van der Waals surface area contributed by atoms with Crippen LogP contribution in [-0.4, -0.2) is 21.7 Å². The zero-order valence-electron chi connectivity index (χ0n) is 9.67. The fourth-order valence-electron chi connectivity index (χ4n) is 1.87. The van der Waals surface area contributed by atoms with E-state index in [0.717, 1.165) is 17.0 Å². The maximum absolute atomic E-state index is 6.17. The summed E-state index contributed by atoms with van der Waals surface area (Å²) in [6.45, 7) is 0. The maximum Gasteiger partial charge on any atom is 0.157 e. The summed E-state index contributed by atoms with van der Waals surface area (Å²) in [5.41, 5.74) is 2.39. The van der Waals surface area contributed by atoms with E-state index in [9.17, 15) is 0 Å². The van der Waals surface area contributed by atoms with Gasteiger partial charge >= 0.3 is 0 Å². The normalized spacial score (nSPS) is 10.8. The molecule has 0 saturated carbocycles. The van der Waals surface area contributed by atoms with Crippen molar-refractivity contribution in [2.45, 2.75) is 0 Å². The fourth-order valence-corrected chi connectivity index (χ4v) is 2.10. The second-order valence-corrected chi connectivity index (χ2v) is 4.15. The molecule has 3 rings (SSSR count). The Bertz CT molecular complexity index is 708. The maximum atomic E-state index is 6.17. The van der Waals surface area contributed by atoms with E-state index < -0.39 is 0 Å². The van der Waals surface area contributed by atoms with Crippen LogP contribution in [0.15, 0.2) is 42.6 Å². The number of fused-ring (bicyclic) bond motifs is 1. The first kappa shape index (κ1) is 11.0. The number of hydrogen-bond acceptors (Lipinski definition) is 3. The van der Waals surface area contributed by atoms with Gasteiger partial charge in [0, 0.05) is 17.7 Å². The van der Waals surface area contributed by atoms with Gasteiger partial charge in [0.05, 0.1) is 19.0 Å². The van der Waals surface area contributed by atoms with Crippen molar-refractivity contribution < 1.29 is 4.74 Å². The minimum absolute atomic E-state index is 0.519. The SMILES string of the molecule is COc1ccccc1-c1cc(Cl)n2nccc2n1. The van der Waals surface area contributed by atoms with Gasteiger partial charge in [-0.15, -0.1) is 0 Å². The van der Waals surface area contributed by atoms with Crippen LogP contribution in [0.3, 0.4) is 0 Å². The monoisotopic (exact) mass is 259 g/mol. The van der Waals surface area contributed by atoms with Gasteiger partial charge in [0.1, 0.15) is 10.9 Å². The number of hydrogen-bond donors (Lipinski definition) is 0. The summed E-state index contributed by atoms with van der Waals surface area (Å²) in [4.78, 5) is 4.51. The summed E-state index contributed by atoms with van der Waals surface area (Å²) in [6, 6.07) is 11.3. The Morgan fingerprint density at radius 1 is 1.22 bits per heavy atom. The van der Waals surface area contributed by atoms with Crippen molar-refractivity contribution in [2.24, 2.45) is 0 Å². The van der Waals surface area contributed by atoms with E-state index in [4.69, 9.17) is 16.3 Å². The Balaban J connectivity index is 2.25. The number of methoxy groups -OCH3 is 1. The molecule has 0 saturated heterocycles. The Hall–Kier alpha value is -2.07. The van der Waals surface area contributed by atoms with Gasteiger partial charge in [-0.25, -0.2) is 9.50 Å². The number of benzene rings is 1. The molecule has 0 aliphatic rings. The molecule has 0 N–H and O–H groups in total. The van der Waals surface area contributed by atoms with Crippen molar-refractivity contribution in [3.63, 3.8) is 0 Å². The van der Waals surface area contributed by atoms with Crippen LogP contribution in [0.25, 0.3) is 16.9 Å². The number of halogens is 1. The molecule has 18 heavy (non-hydrogen) atoms. The first-order valence-corrected chi connectivity index (χ1v) is 5.81. The average molecular weight is 260 g/mol. The molecule has 2 heterocycles. The number of para-hydroxylation sites is 1. The number of aromatic nitrogens is 3. The minimum Gasteiger partial charge on any atom is -0.496 e. The number of ether oxygens (including phenoxy) is 1. The second-order valence-electron chi connectivity index (χ2n) is 3.77. The van der Waals surface area contributed by atoms with Gasteiger partial charge in [0.15, 0.2) is 5.65 Å². The third-order valence-electron chi connectivity index (χ3n) is 2.70. The van der Waals surface area contributed by atoms with Crippen molar-refractivity contribution in [1.82, 2.24) is 14.6 Å². The highest BCUT2D eigenvalue weighted by atomic mass is 35.5. The van der Waals surface area contributed by atoms with Gasteiger partial charge in [0.2, 0.25) is 0 Å². The zero-order chi connectivity index (χ0) is 12.5. The Morgan fingerprint density at radius 2 is 2.06 bits per heavy atom. The molecule has 0 spiro atoms. The van der Waals surface area contributed by atoms with E-state index in [2.05, 4.69) is 10.1 Å². The first-order valence-electron chi connectivity index (χ1n) is 5.43. The lowest BCUT2D eigenvalue weighted by atomic mass is 10.1. The summed E-state index contributed by atoms with van der Waals surface area (Å²) >= 11 is 6.17. The van der Waals surface area contributed by atoms with Crippen molar-refractivity contribution in [3.8, 4) is 17.0 Å². The van der Waals surface area contributed by atoms with Gasteiger partial charge in [-0.1, -0.05) is 23.7 Å². The van der Waals surface area contributed by atoms with Crippen molar-refractivity contribution in [3.05, 3.63) is 47.7 Å². The third kappa shape index (κ3) is 1.71. The van der Waals surface area contributed by atoms with Crippen LogP contribution in [-0.2, 0) is 0 Å². The predicted octanol–water partition coefficient (Wildman–Crippen LogP) is 3.06. The standard InChI is InChI=1S/C13H10ClN3O/c1-18-11-5-3-2-4-9(11)10-8-12(14)17-13(16-10)6-7-15-17/h2-8H,1H3. The molecule has 4 nitrogen and oxygen atoms in total. The molecule has 0 radical (unpaired) electrons. The van der Waals surface area contributed by atoms with Crippen molar-refractivity contribution in [1.29, 1.82) is 0 Å². The molecular weight excluding hydrogens is 250 g/mol. The molecule has 1 aromatic carbocycles. The lowest BCUT2D eigenvalue weighted by Crippen LogP contribution is -1.95. The van der Waals surface area contributed by atoms with Crippen molar-refractivity contribution >= 4 is 17.2 Å². The van der Waals surface area contributed by atoms with Crippen LogP contribution >= 0.6 is 11.6 Å². The summed E-state index contributed by atoms with van der Waals surface area (Å²) in [5, 5.41) is 4.61. The average Bonchev–Trinajstić information content (AvgIpc) is 2.87. The van der Waals surface area contributed by atoms with E-state index in [0.29, 0.717) is 10.8 Å². The predicted molar refractivity (Wildman–Crippen MR) is 70.0 cm³/mol. The summed E-state index contributed by atoms with van der Waals surface area (Å²) in [6.07, 6.45) is 1.67. The van der Waals surface area contributed by atoms with Crippen LogP contribution in [0.2, 0.25) is 5.15 Å². The molecule has 0 amide bonds. The molecule has 0 aliphatic carbocycles. The lowest BCUT2D eigenvalue weighted by Gasteiger charge is -2.08. The highest BCUT2D eigenvalue weighted by molar-refractivity contribution is 6.30.